The summed E-state index contributed by atoms with van der Waals surface area (Å²) in [5.41, 5.74) is 0.576. The SMILES string of the molecule is Cc1cc(NC(=O)C(C)Sc2nnc(C(F)(F)F)n2N)on1. The number of hydrogen-bond acceptors (Lipinski definition) is 7. The standard InChI is InChI=1S/C10H11F3N6O2S/c1-4-3-6(21-18-4)15-7(20)5(2)22-9-17-16-8(19(9)14)10(11,12)13/h3,5H,14H2,1-2H3,(H,15,20). The number of nitrogens with one attached hydrogen (secondary N) is 1. The van der Waals surface area contributed by atoms with Crippen molar-refractivity contribution in [1.82, 2.24) is 20.0 Å². The second-order valence-corrected chi connectivity index (χ2v) is 5.56. The molecule has 0 aromatic carbocycles. The van der Waals surface area contributed by atoms with Gasteiger partial charge in [0.15, 0.2) is 0 Å². The smallest absolute Gasteiger partial charge is 0.338 e. The van der Waals surface area contributed by atoms with Gasteiger partial charge in [0.1, 0.15) is 0 Å². The lowest BCUT2D eigenvalue weighted by molar-refractivity contribution is -0.146. The summed E-state index contributed by atoms with van der Waals surface area (Å²) in [6.45, 7) is 3.15. The van der Waals surface area contributed by atoms with Crippen LogP contribution in [0.15, 0.2) is 15.7 Å². The van der Waals surface area contributed by atoms with Crippen LogP contribution in [-0.2, 0) is 11.0 Å². The maximum atomic E-state index is 12.5. The molecule has 0 aliphatic heterocycles. The van der Waals surface area contributed by atoms with Crippen LogP contribution in [0.5, 0.6) is 0 Å². The molecule has 1 atom stereocenters. The molecule has 120 valence electrons. The number of aromatic nitrogens is 4. The lowest BCUT2D eigenvalue weighted by Crippen LogP contribution is -2.25. The Morgan fingerprint density at radius 1 is 1.50 bits per heavy atom. The number of nitrogens with two attached hydrogens (primary N) is 1. The Labute approximate surface area is 126 Å². The fraction of sp³-hybridized carbons (Fsp3) is 0.400. The lowest BCUT2D eigenvalue weighted by Gasteiger charge is -2.10. The monoisotopic (exact) mass is 336 g/mol. The predicted octanol–water partition coefficient (Wildman–Crippen LogP) is 1.43. The number of carbonyl (C=O) groups excluding carboxylic acids is 1. The highest BCUT2D eigenvalue weighted by Gasteiger charge is 2.38. The molecule has 2 aromatic heterocycles. The molecule has 2 heterocycles. The van der Waals surface area contributed by atoms with E-state index in [0.717, 1.165) is 11.8 Å². The Hall–Kier alpha value is -2.24. The summed E-state index contributed by atoms with van der Waals surface area (Å²) >= 11 is 0.732. The molecule has 0 aliphatic carbocycles. The van der Waals surface area contributed by atoms with Crippen molar-refractivity contribution in [3.63, 3.8) is 0 Å². The number of anilines is 1. The lowest BCUT2D eigenvalue weighted by atomic mass is 10.4. The number of carbonyl (C=O) groups is 1. The molecule has 0 radical (unpaired) electrons. The van der Waals surface area contributed by atoms with Gasteiger partial charge in [-0.2, -0.15) is 13.2 Å². The van der Waals surface area contributed by atoms with Gasteiger partial charge >= 0.3 is 6.18 Å². The van der Waals surface area contributed by atoms with Gasteiger partial charge in [0, 0.05) is 6.07 Å². The highest BCUT2D eigenvalue weighted by Crippen LogP contribution is 2.30. The van der Waals surface area contributed by atoms with Gasteiger partial charge in [-0.1, -0.05) is 16.9 Å². The molecular formula is C10H11F3N6O2S. The fourth-order valence-electron chi connectivity index (χ4n) is 1.41. The number of rotatable bonds is 4. The maximum absolute atomic E-state index is 12.5. The maximum Gasteiger partial charge on any atom is 0.453 e. The van der Waals surface area contributed by atoms with Crippen LogP contribution < -0.4 is 11.2 Å². The largest absolute Gasteiger partial charge is 0.453 e. The van der Waals surface area contributed by atoms with Crippen LogP contribution in [0, 0.1) is 6.92 Å². The number of hydrogen-bond donors (Lipinski definition) is 2. The molecule has 0 saturated heterocycles. The highest BCUT2D eigenvalue weighted by atomic mass is 32.2. The van der Waals surface area contributed by atoms with Crippen molar-refractivity contribution in [2.75, 3.05) is 11.2 Å². The number of thioether (sulfide) groups is 1. The van der Waals surface area contributed by atoms with Crippen LogP contribution in [0.25, 0.3) is 0 Å². The molecule has 8 nitrogen and oxygen atoms in total. The van der Waals surface area contributed by atoms with Gasteiger partial charge in [-0.05, 0) is 13.8 Å². The molecule has 12 heteroatoms. The van der Waals surface area contributed by atoms with E-state index < -0.39 is 23.2 Å². The van der Waals surface area contributed by atoms with Crippen LogP contribution in [-0.4, -0.2) is 31.2 Å². The van der Waals surface area contributed by atoms with Gasteiger partial charge in [-0.15, -0.1) is 10.2 Å². The van der Waals surface area contributed by atoms with E-state index >= 15 is 0 Å². The van der Waals surface area contributed by atoms with E-state index in [1.165, 1.54) is 13.0 Å². The van der Waals surface area contributed by atoms with Crippen LogP contribution in [0.4, 0.5) is 19.1 Å². The molecule has 1 unspecified atom stereocenters. The Kier molecular flexibility index (Phi) is 4.30. The Balaban J connectivity index is 2.04. The summed E-state index contributed by atoms with van der Waals surface area (Å²) in [5, 5.41) is 11.3. The molecule has 2 aromatic rings. The normalized spacial score (nSPS) is 13.1. The zero-order valence-corrected chi connectivity index (χ0v) is 12.2. The predicted molar refractivity (Wildman–Crippen MR) is 70.4 cm³/mol. The van der Waals surface area contributed by atoms with Crippen molar-refractivity contribution in [2.45, 2.75) is 30.4 Å². The highest BCUT2D eigenvalue weighted by molar-refractivity contribution is 8.00. The van der Waals surface area contributed by atoms with Crippen LogP contribution >= 0.6 is 11.8 Å². The quantitative estimate of drug-likeness (QED) is 0.641. The van der Waals surface area contributed by atoms with Gasteiger partial charge in [0.2, 0.25) is 16.9 Å². The summed E-state index contributed by atoms with van der Waals surface area (Å²) < 4.78 is 42.7. The topological polar surface area (TPSA) is 112 Å². The van der Waals surface area contributed by atoms with Crippen molar-refractivity contribution in [2.24, 2.45) is 0 Å². The van der Waals surface area contributed by atoms with E-state index in [9.17, 15) is 18.0 Å². The number of amides is 1. The third-order valence-corrected chi connectivity index (χ3v) is 3.50. The molecule has 0 fully saturated rings. The van der Waals surface area contributed by atoms with Crippen molar-refractivity contribution < 1.29 is 22.5 Å². The number of alkyl halides is 3. The second kappa shape index (κ2) is 5.87. The minimum atomic E-state index is -4.72. The minimum Gasteiger partial charge on any atom is -0.338 e. The van der Waals surface area contributed by atoms with Gasteiger partial charge in [-0.3, -0.25) is 10.1 Å². The van der Waals surface area contributed by atoms with Crippen molar-refractivity contribution >= 4 is 23.6 Å². The Morgan fingerprint density at radius 3 is 2.68 bits per heavy atom. The first-order chi connectivity index (χ1) is 10.2. The molecule has 0 aliphatic rings. The van der Waals surface area contributed by atoms with Crippen LogP contribution in [0.3, 0.4) is 0 Å². The third kappa shape index (κ3) is 3.50. The first-order valence-corrected chi connectivity index (χ1v) is 6.75. The van der Waals surface area contributed by atoms with Crippen molar-refractivity contribution in [3.8, 4) is 0 Å². The zero-order valence-electron chi connectivity index (χ0n) is 11.4. The number of aryl methyl sites for hydroxylation is 1. The summed E-state index contributed by atoms with van der Waals surface area (Å²) in [4.78, 5) is 11.9. The van der Waals surface area contributed by atoms with Crippen molar-refractivity contribution in [1.29, 1.82) is 0 Å². The molecule has 1 amide bonds. The molecule has 0 saturated carbocycles. The summed E-state index contributed by atoms with van der Waals surface area (Å²) in [7, 11) is 0. The molecule has 22 heavy (non-hydrogen) atoms. The number of nitrogen functional groups attached to an aromatic ring is 1. The van der Waals surface area contributed by atoms with Gasteiger partial charge in [-0.25, -0.2) is 4.68 Å². The molecule has 0 bridgehead atoms. The van der Waals surface area contributed by atoms with E-state index in [4.69, 9.17) is 10.4 Å². The van der Waals surface area contributed by atoms with E-state index in [1.54, 1.807) is 6.92 Å². The van der Waals surface area contributed by atoms with Crippen molar-refractivity contribution in [3.05, 3.63) is 17.6 Å². The average molecular weight is 336 g/mol. The summed E-state index contributed by atoms with van der Waals surface area (Å²) in [6.07, 6.45) is -4.72. The molecule has 0 spiro atoms. The van der Waals surface area contributed by atoms with E-state index in [2.05, 4.69) is 20.7 Å². The Morgan fingerprint density at radius 2 is 2.18 bits per heavy atom. The number of halogens is 3. The van der Waals surface area contributed by atoms with Gasteiger partial charge in [0.05, 0.1) is 10.9 Å². The summed E-state index contributed by atoms with van der Waals surface area (Å²) in [6, 6.07) is 1.50. The number of nitrogens with zero attached hydrogens (tertiary/aromatic N) is 4. The molecule has 2 rings (SSSR count). The minimum absolute atomic E-state index is 0.139. The molecule has 3 N–H and O–H groups in total. The fourth-order valence-corrected chi connectivity index (χ4v) is 2.18. The second-order valence-electron chi connectivity index (χ2n) is 4.26. The molecular weight excluding hydrogens is 325 g/mol. The average Bonchev–Trinajstić information content (AvgIpc) is 2.96. The van der Waals surface area contributed by atoms with Gasteiger partial charge in [0.25, 0.3) is 5.82 Å². The zero-order chi connectivity index (χ0) is 16.5. The van der Waals surface area contributed by atoms with Gasteiger partial charge < -0.3 is 10.4 Å². The van der Waals surface area contributed by atoms with E-state index in [1.807, 2.05) is 0 Å². The van der Waals surface area contributed by atoms with Crippen LogP contribution in [0.1, 0.15) is 18.4 Å². The van der Waals surface area contributed by atoms with E-state index in [-0.39, 0.29) is 11.0 Å². The summed E-state index contributed by atoms with van der Waals surface area (Å²) in [5.74, 6) is 3.58. The van der Waals surface area contributed by atoms with E-state index in [0.29, 0.717) is 10.4 Å². The van der Waals surface area contributed by atoms with Crippen LogP contribution in [0.2, 0.25) is 0 Å². The first-order valence-electron chi connectivity index (χ1n) is 5.87. The Bertz CT molecular complexity index is 683. The third-order valence-electron chi connectivity index (χ3n) is 2.44. The first kappa shape index (κ1) is 16.1.